The Morgan fingerprint density at radius 2 is 0.978 bits per heavy atom. The van der Waals surface area contributed by atoms with Gasteiger partial charge in [0.15, 0.2) is 0 Å². The number of nitrogens with one attached hydrogen (secondary N) is 1. The van der Waals surface area contributed by atoms with Crippen LogP contribution < -0.4 is 22.5 Å². The summed E-state index contributed by atoms with van der Waals surface area (Å²) in [5.74, 6) is -0.379. The number of likely N-dealkylation sites (tertiary alicyclic amines) is 1. The van der Waals surface area contributed by atoms with Gasteiger partial charge in [-0.1, -0.05) is 87.8 Å². The SMILES string of the molecule is CCN(C(=O)c1cnc2cc(CN)c(-c3ccc(Cl)cc3Cl)cn12)C1CCOCC1.CCOC(=O)N1CCCC(NC(=O)c2cnc3cc(CN)c(-c4ccc(Cl)cc4Cl)cn23)C1.CN(C(=O)c1cnc2cc(CN)c(-c3ccc(Cl)cc3Cl)cn12)C1CCOCC1. The van der Waals surface area contributed by atoms with Gasteiger partial charge in [0.05, 0.1) is 25.2 Å². The fourth-order valence-electron chi connectivity index (χ4n) is 11.9. The number of carbonyl (C=O) groups excluding carboxylic acids is 4. The molecule has 3 aliphatic heterocycles. The first-order chi connectivity index (χ1) is 44.4. The van der Waals surface area contributed by atoms with Crippen LogP contribution in [0.5, 0.6) is 0 Å². The lowest BCUT2D eigenvalue weighted by atomic mass is 10.0. The number of benzene rings is 3. The van der Waals surface area contributed by atoms with E-state index in [1.54, 1.807) is 74.3 Å². The summed E-state index contributed by atoms with van der Waals surface area (Å²) in [4.78, 5) is 70.4. The number of hydrogen-bond acceptors (Lipinski definition) is 13. The second kappa shape index (κ2) is 30.8. The Bertz CT molecular complexity index is 4170. The molecule has 4 amide bonds. The number of hydrogen-bond donors (Lipinski definition) is 4. The molecule has 7 N–H and O–H groups in total. The van der Waals surface area contributed by atoms with Gasteiger partial charge in [-0.25, -0.2) is 19.7 Å². The Morgan fingerprint density at radius 1 is 0.565 bits per heavy atom. The van der Waals surface area contributed by atoms with Crippen molar-refractivity contribution in [3.8, 4) is 33.4 Å². The number of nitrogens with zero attached hydrogens (tertiary/aromatic N) is 9. The lowest BCUT2D eigenvalue weighted by Gasteiger charge is -2.33. The number of halogens is 6. The molecule has 3 aliphatic rings. The van der Waals surface area contributed by atoms with Crippen LogP contribution in [0.2, 0.25) is 30.1 Å². The first-order valence-electron chi connectivity index (χ1n) is 30.4. The van der Waals surface area contributed by atoms with E-state index in [-0.39, 0.29) is 48.5 Å². The molecule has 0 radical (unpaired) electrons. The van der Waals surface area contributed by atoms with Crippen LogP contribution in [0.3, 0.4) is 0 Å². The number of nitrogens with two attached hydrogens (primary N) is 3. The van der Waals surface area contributed by atoms with Crippen molar-refractivity contribution in [3.63, 3.8) is 0 Å². The minimum Gasteiger partial charge on any atom is -0.450 e. The lowest BCUT2D eigenvalue weighted by Crippen LogP contribution is -2.49. The van der Waals surface area contributed by atoms with E-state index in [1.165, 1.54) is 6.20 Å². The highest BCUT2D eigenvalue weighted by molar-refractivity contribution is 6.37. The molecule has 0 saturated carbocycles. The highest BCUT2D eigenvalue weighted by atomic mass is 35.5. The van der Waals surface area contributed by atoms with E-state index in [0.29, 0.717) is 130 Å². The van der Waals surface area contributed by atoms with E-state index in [4.69, 9.17) is 101 Å². The Labute approximate surface area is 562 Å². The number of aromatic nitrogens is 6. The zero-order valence-corrected chi connectivity index (χ0v) is 55.6. The van der Waals surface area contributed by atoms with Crippen molar-refractivity contribution >= 4 is 110 Å². The lowest BCUT2D eigenvalue weighted by molar-refractivity contribution is 0.0300. The first kappa shape index (κ1) is 67.8. The molecule has 9 heterocycles. The Hall–Kier alpha value is -7.05. The monoisotopic (exact) mass is 1370 g/mol. The van der Waals surface area contributed by atoms with Gasteiger partial charge in [0.2, 0.25) is 0 Å². The highest BCUT2D eigenvalue weighted by Crippen LogP contribution is 2.37. The van der Waals surface area contributed by atoms with Gasteiger partial charge in [-0.3, -0.25) is 27.6 Å². The molecule has 484 valence electrons. The van der Waals surface area contributed by atoms with E-state index in [1.807, 2.05) is 78.3 Å². The summed E-state index contributed by atoms with van der Waals surface area (Å²) < 4.78 is 21.3. The maximum atomic E-state index is 13.4. The summed E-state index contributed by atoms with van der Waals surface area (Å²) in [6.07, 6.45) is 14.9. The quantitative estimate of drug-likeness (QED) is 0.0792. The molecular formula is C66H71Cl6N13O7. The van der Waals surface area contributed by atoms with Crippen LogP contribution in [-0.2, 0) is 33.8 Å². The van der Waals surface area contributed by atoms with Crippen molar-refractivity contribution in [1.29, 1.82) is 0 Å². The van der Waals surface area contributed by atoms with Crippen molar-refractivity contribution < 1.29 is 33.4 Å². The van der Waals surface area contributed by atoms with Gasteiger partial charge in [-0.15, -0.1) is 0 Å². The van der Waals surface area contributed by atoms with Gasteiger partial charge in [0, 0.05) is 173 Å². The first-order valence-corrected chi connectivity index (χ1v) is 32.6. The van der Waals surface area contributed by atoms with E-state index in [9.17, 15) is 19.2 Å². The summed E-state index contributed by atoms with van der Waals surface area (Å²) in [5, 5.41) is 6.23. The predicted molar refractivity (Wildman–Crippen MR) is 361 cm³/mol. The van der Waals surface area contributed by atoms with Gasteiger partial charge in [-0.05, 0) is 124 Å². The molecule has 3 saturated heterocycles. The topological polar surface area (TPSA) is 248 Å². The van der Waals surface area contributed by atoms with Crippen LogP contribution in [0.1, 0.15) is 101 Å². The number of pyridine rings is 3. The minimum absolute atomic E-state index is 0.0365. The third-order valence-corrected chi connectivity index (χ3v) is 18.4. The Balaban J connectivity index is 0.000000152. The second-order valence-corrected chi connectivity index (χ2v) is 24.9. The molecule has 3 aromatic carbocycles. The summed E-state index contributed by atoms with van der Waals surface area (Å²) in [5.41, 5.74) is 28.8. The molecule has 3 fully saturated rings. The van der Waals surface area contributed by atoms with Gasteiger partial charge in [-0.2, -0.15) is 0 Å². The van der Waals surface area contributed by atoms with Gasteiger partial charge >= 0.3 is 6.09 Å². The summed E-state index contributed by atoms with van der Waals surface area (Å²) >= 11 is 37.5. The zero-order valence-electron chi connectivity index (χ0n) is 51.0. The van der Waals surface area contributed by atoms with Crippen LogP contribution in [0, 0.1) is 0 Å². The molecular weight excluding hydrogens is 1300 g/mol. The molecule has 12 rings (SSSR count). The Kier molecular flexibility index (Phi) is 22.7. The van der Waals surface area contributed by atoms with Crippen LogP contribution in [0.4, 0.5) is 4.79 Å². The van der Waals surface area contributed by atoms with Crippen LogP contribution >= 0.6 is 69.6 Å². The van der Waals surface area contributed by atoms with Crippen LogP contribution in [0.25, 0.3) is 50.3 Å². The maximum absolute atomic E-state index is 13.4. The number of rotatable bonds is 14. The molecule has 92 heavy (non-hydrogen) atoms. The van der Waals surface area contributed by atoms with Gasteiger partial charge < -0.3 is 51.4 Å². The van der Waals surface area contributed by atoms with Gasteiger partial charge in [0.25, 0.3) is 17.7 Å². The molecule has 1 unspecified atom stereocenters. The van der Waals surface area contributed by atoms with E-state index < -0.39 is 0 Å². The number of imidazole rings is 3. The molecule has 0 aliphatic carbocycles. The average Bonchev–Trinajstić information content (AvgIpc) is 1.59. The molecule has 9 aromatic rings. The molecule has 0 spiro atoms. The molecule has 1 atom stereocenters. The number of piperidine rings is 1. The molecule has 20 nitrogen and oxygen atoms in total. The Morgan fingerprint density at radius 3 is 1.39 bits per heavy atom. The summed E-state index contributed by atoms with van der Waals surface area (Å²) in [6.45, 7) is 9.39. The fourth-order valence-corrected chi connectivity index (χ4v) is 13.4. The van der Waals surface area contributed by atoms with Crippen molar-refractivity contribution in [2.45, 2.75) is 90.1 Å². The number of carbonyl (C=O) groups is 4. The van der Waals surface area contributed by atoms with E-state index >= 15 is 0 Å². The minimum atomic E-state index is -0.356. The number of amides is 4. The fraction of sp³-hybridized carbons (Fsp3) is 0.348. The smallest absolute Gasteiger partial charge is 0.409 e. The average molecular weight is 1370 g/mol. The number of fused-ring (bicyclic) bond motifs is 3. The molecule has 0 bridgehead atoms. The van der Waals surface area contributed by atoms with Crippen molar-refractivity contribution in [2.75, 3.05) is 59.7 Å². The number of ether oxygens (including phenoxy) is 3. The summed E-state index contributed by atoms with van der Waals surface area (Å²) in [6, 6.07) is 21.8. The zero-order chi connectivity index (χ0) is 65.3. The second-order valence-electron chi connectivity index (χ2n) is 22.4. The molecule has 6 aromatic heterocycles. The van der Waals surface area contributed by atoms with Crippen molar-refractivity contribution in [2.24, 2.45) is 17.2 Å². The third kappa shape index (κ3) is 15.1. The van der Waals surface area contributed by atoms with Gasteiger partial charge in [0.1, 0.15) is 34.0 Å². The maximum Gasteiger partial charge on any atom is 0.409 e. The van der Waals surface area contributed by atoms with E-state index in [0.717, 1.165) is 88.6 Å². The largest absolute Gasteiger partial charge is 0.450 e. The van der Waals surface area contributed by atoms with Crippen LogP contribution in [0.15, 0.2) is 110 Å². The normalized spacial score (nSPS) is 15.4. The van der Waals surface area contributed by atoms with Crippen molar-refractivity contribution in [3.05, 3.63) is 174 Å². The highest BCUT2D eigenvalue weighted by Gasteiger charge is 2.31. The van der Waals surface area contributed by atoms with Crippen LogP contribution in [-0.4, -0.2) is 145 Å². The van der Waals surface area contributed by atoms with E-state index in [2.05, 4.69) is 20.3 Å². The third-order valence-electron chi connectivity index (χ3n) is 16.8. The summed E-state index contributed by atoms with van der Waals surface area (Å²) in [7, 11) is 1.84. The predicted octanol–water partition coefficient (Wildman–Crippen LogP) is 12.5. The van der Waals surface area contributed by atoms with Crippen molar-refractivity contribution in [1.82, 2.24) is 48.2 Å². The molecule has 26 heteroatoms. The standard InChI is InChI=1S/C23H25Cl2N5O3.C22H24Cl2N4O2.C21H22Cl2N4O2/c1-2-33-23(32)29-7-3-4-16(12-29)28-22(31)20-11-27-21-8-14(10-26)18(13-30(20)21)17-6-5-15(24)9-19(17)25;1-2-27(16-5-7-30-8-6-16)22(29)20-12-26-21-9-14(11-25)18(13-28(20)21)17-4-3-15(23)10-19(17)24;1-26(15-4-6-29-7-5-15)21(28)19-11-25-20-8-13(10-24)17(12-27(19)20)16-3-2-14(22)9-18(16)23/h5-6,8-9,11,13,16H,2-4,7,10,12,26H2,1H3,(H,28,31);3-4,9-10,12-13,16H,2,5-8,11,25H2,1H3;2-3,8-9,11-12,15H,4-7,10,24H2,1H3.